The van der Waals surface area contributed by atoms with E-state index < -0.39 is 26.5 Å². The minimum absolute atomic E-state index is 0.0801. The van der Waals surface area contributed by atoms with Crippen LogP contribution in [0.25, 0.3) is 0 Å². The molecule has 0 spiro atoms. The average molecular weight is 882 g/mol. The first-order chi connectivity index (χ1) is 29.8. The Bertz CT molecular complexity index is 1100. The lowest BCUT2D eigenvalue weighted by Gasteiger charge is -2.15. The van der Waals surface area contributed by atoms with Gasteiger partial charge in [0.1, 0.15) is 12.7 Å². The molecule has 0 aliphatic carbocycles. The van der Waals surface area contributed by atoms with Crippen LogP contribution in [0, 0.1) is 0 Å². The standard InChI is InChI=1S/C51H96NO8P/c1-3-5-7-9-11-13-15-17-19-21-23-24-26-28-30-32-34-36-38-40-42-44-51(55)58-47-49(53)48-60-61(56,57)59-46-45-52-50(54)43-41-39-37-35-33-31-29-27-25-22-20-18-16-14-12-10-8-6-4-2/h12,14,17-20,49,53H,3-11,13,15-16,21-48H2,1-2H3,(H,52,54)(H,56,57)/b14-12-,19-17+,20-18-. The number of aliphatic hydroxyl groups excluding tert-OH is 1. The Balaban J connectivity index is 3.55. The van der Waals surface area contributed by atoms with Gasteiger partial charge in [-0.1, -0.05) is 198 Å². The Labute approximate surface area is 375 Å². The molecule has 0 saturated heterocycles. The fourth-order valence-corrected chi connectivity index (χ4v) is 7.93. The molecule has 0 rings (SSSR count). The van der Waals surface area contributed by atoms with Gasteiger partial charge in [-0.05, 0) is 70.6 Å². The summed E-state index contributed by atoms with van der Waals surface area (Å²) in [7, 11) is -4.42. The third kappa shape index (κ3) is 49.1. The molecule has 9 nitrogen and oxygen atoms in total. The van der Waals surface area contributed by atoms with Crippen LogP contribution in [0.3, 0.4) is 0 Å². The summed E-state index contributed by atoms with van der Waals surface area (Å²) in [6.07, 6.45) is 55.1. The summed E-state index contributed by atoms with van der Waals surface area (Å²) in [5.41, 5.74) is 0. The highest BCUT2D eigenvalue weighted by Crippen LogP contribution is 2.42. The normalized spacial score (nSPS) is 13.4. The first kappa shape index (κ1) is 59.2. The van der Waals surface area contributed by atoms with Gasteiger partial charge in [-0.15, -0.1) is 0 Å². The molecule has 0 fully saturated rings. The van der Waals surface area contributed by atoms with Crippen molar-refractivity contribution >= 4 is 19.7 Å². The van der Waals surface area contributed by atoms with Crippen molar-refractivity contribution in [3.63, 3.8) is 0 Å². The van der Waals surface area contributed by atoms with Gasteiger partial charge >= 0.3 is 13.8 Å². The molecule has 0 aromatic heterocycles. The Hall–Kier alpha value is -1.77. The van der Waals surface area contributed by atoms with Crippen LogP contribution in [-0.4, -0.2) is 54.3 Å². The number of rotatable bonds is 48. The van der Waals surface area contributed by atoms with Crippen molar-refractivity contribution < 1.29 is 37.9 Å². The van der Waals surface area contributed by atoms with E-state index in [1.54, 1.807) is 0 Å². The van der Waals surface area contributed by atoms with E-state index in [1.165, 1.54) is 173 Å². The number of hydrogen-bond donors (Lipinski definition) is 3. The predicted octanol–water partition coefficient (Wildman–Crippen LogP) is 14.9. The van der Waals surface area contributed by atoms with Gasteiger partial charge in [-0.25, -0.2) is 4.57 Å². The summed E-state index contributed by atoms with van der Waals surface area (Å²) in [6, 6.07) is 0. The number of unbranched alkanes of at least 4 members (excludes halogenated alkanes) is 29. The number of ether oxygens (including phenoxy) is 1. The second kappa shape index (κ2) is 47.7. The van der Waals surface area contributed by atoms with Crippen LogP contribution in [0.5, 0.6) is 0 Å². The van der Waals surface area contributed by atoms with E-state index in [0.717, 1.165) is 44.9 Å². The first-order valence-electron chi connectivity index (χ1n) is 25.5. The molecule has 61 heavy (non-hydrogen) atoms. The highest BCUT2D eigenvalue weighted by Gasteiger charge is 2.23. The van der Waals surface area contributed by atoms with Gasteiger partial charge in [0.25, 0.3) is 0 Å². The molecule has 0 heterocycles. The van der Waals surface area contributed by atoms with Gasteiger partial charge in [0, 0.05) is 19.4 Å². The molecule has 0 saturated carbocycles. The summed E-state index contributed by atoms with van der Waals surface area (Å²) in [5, 5.41) is 12.7. The van der Waals surface area contributed by atoms with Crippen molar-refractivity contribution in [1.82, 2.24) is 5.32 Å². The van der Waals surface area contributed by atoms with Gasteiger partial charge in [0.05, 0.1) is 13.2 Å². The van der Waals surface area contributed by atoms with Crippen molar-refractivity contribution in [1.29, 1.82) is 0 Å². The monoisotopic (exact) mass is 882 g/mol. The van der Waals surface area contributed by atoms with Gasteiger partial charge in [-0.3, -0.25) is 18.6 Å². The largest absolute Gasteiger partial charge is 0.472 e. The topological polar surface area (TPSA) is 131 Å². The number of allylic oxidation sites excluding steroid dienone is 6. The fraction of sp³-hybridized carbons (Fsp3) is 0.843. The maximum atomic E-state index is 12.1. The molecule has 0 aromatic rings. The molecular formula is C51H96NO8P. The summed E-state index contributed by atoms with van der Waals surface area (Å²) in [4.78, 5) is 34.1. The Morgan fingerprint density at radius 3 is 1.36 bits per heavy atom. The third-order valence-electron chi connectivity index (χ3n) is 11.0. The predicted molar refractivity (Wildman–Crippen MR) is 257 cm³/mol. The van der Waals surface area contributed by atoms with E-state index in [-0.39, 0.29) is 32.1 Å². The summed E-state index contributed by atoms with van der Waals surface area (Å²) in [6.45, 7) is 3.55. The molecule has 358 valence electrons. The van der Waals surface area contributed by atoms with Gasteiger partial charge in [0.15, 0.2) is 0 Å². The third-order valence-corrected chi connectivity index (χ3v) is 12.0. The van der Waals surface area contributed by atoms with Crippen LogP contribution in [0.2, 0.25) is 0 Å². The van der Waals surface area contributed by atoms with Crippen molar-refractivity contribution in [2.24, 2.45) is 0 Å². The Morgan fingerprint density at radius 2 is 0.885 bits per heavy atom. The first-order valence-corrected chi connectivity index (χ1v) is 27.0. The van der Waals surface area contributed by atoms with Crippen LogP contribution in [0.15, 0.2) is 36.5 Å². The minimum atomic E-state index is -4.42. The van der Waals surface area contributed by atoms with E-state index in [0.29, 0.717) is 6.42 Å². The number of esters is 1. The van der Waals surface area contributed by atoms with Crippen molar-refractivity contribution in [3.8, 4) is 0 Å². The molecule has 3 N–H and O–H groups in total. The highest BCUT2D eigenvalue weighted by molar-refractivity contribution is 7.47. The van der Waals surface area contributed by atoms with E-state index >= 15 is 0 Å². The number of phosphoric acid groups is 1. The van der Waals surface area contributed by atoms with Crippen LogP contribution in [0.1, 0.15) is 245 Å². The van der Waals surface area contributed by atoms with Gasteiger partial charge in [0.2, 0.25) is 5.91 Å². The zero-order chi connectivity index (χ0) is 44.6. The minimum Gasteiger partial charge on any atom is -0.463 e. The van der Waals surface area contributed by atoms with E-state index in [1.807, 2.05) is 0 Å². The molecule has 2 atom stereocenters. The van der Waals surface area contributed by atoms with Crippen LogP contribution in [-0.2, 0) is 27.9 Å². The van der Waals surface area contributed by atoms with Crippen LogP contribution in [0.4, 0.5) is 0 Å². The number of carbonyl (C=O) groups excluding carboxylic acids is 2. The molecule has 10 heteroatoms. The molecule has 1 amide bonds. The number of hydrogen-bond acceptors (Lipinski definition) is 7. The van der Waals surface area contributed by atoms with Crippen molar-refractivity contribution in [3.05, 3.63) is 36.5 Å². The lowest BCUT2D eigenvalue weighted by Crippen LogP contribution is -2.27. The Kier molecular flexibility index (Phi) is 46.3. The summed E-state index contributed by atoms with van der Waals surface area (Å²) in [5.74, 6) is -0.515. The smallest absolute Gasteiger partial charge is 0.463 e. The second-order valence-electron chi connectivity index (χ2n) is 17.1. The number of aliphatic hydroxyl groups is 1. The number of nitrogens with one attached hydrogen (secondary N) is 1. The van der Waals surface area contributed by atoms with Crippen molar-refractivity contribution in [2.45, 2.75) is 251 Å². The maximum Gasteiger partial charge on any atom is 0.472 e. The molecule has 0 aromatic carbocycles. The molecule has 0 aliphatic heterocycles. The molecule has 0 aliphatic rings. The quantitative estimate of drug-likeness (QED) is 0.0238. The molecule has 0 bridgehead atoms. The number of carbonyl (C=O) groups is 2. The molecular weight excluding hydrogens is 786 g/mol. The fourth-order valence-electron chi connectivity index (χ4n) is 7.17. The summed E-state index contributed by atoms with van der Waals surface area (Å²) >= 11 is 0. The number of amides is 1. The van der Waals surface area contributed by atoms with Gasteiger partial charge in [-0.2, -0.15) is 0 Å². The second-order valence-corrected chi connectivity index (χ2v) is 18.6. The van der Waals surface area contributed by atoms with E-state index in [2.05, 4.69) is 55.6 Å². The lowest BCUT2D eigenvalue weighted by atomic mass is 10.0. The van der Waals surface area contributed by atoms with E-state index in [4.69, 9.17) is 13.8 Å². The van der Waals surface area contributed by atoms with Crippen molar-refractivity contribution in [2.75, 3.05) is 26.4 Å². The van der Waals surface area contributed by atoms with Crippen LogP contribution < -0.4 is 5.32 Å². The number of phosphoric ester groups is 1. The Morgan fingerprint density at radius 1 is 0.508 bits per heavy atom. The SMILES string of the molecule is CCCCC/C=C\C/C=C\CCCCCCCCCCCC(=O)NCCOP(=O)(O)OCC(O)COC(=O)CCCCCCCCCCCCC/C=C/CCCCCCCC. The van der Waals surface area contributed by atoms with Gasteiger partial charge < -0.3 is 20.1 Å². The average Bonchev–Trinajstić information content (AvgIpc) is 3.25. The summed E-state index contributed by atoms with van der Waals surface area (Å²) < 4.78 is 27.0. The molecule has 2 unspecified atom stereocenters. The highest BCUT2D eigenvalue weighted by atomic mass is 31.2. The maximum absolute atomic E-state index is 12.1. The molecule has 0 radical (unpaired) electrons. The van der Waals surface area contributed by atoms with Crippen LogP contribution >= 0.6 is 7.82 Å². The van der Waals surface area contributed by atoms with E-state index in [9.17, 15) is 24.2 Å². The zero-order valence-electron chi connectivity index (χ0n) is 39.6. The zero-order valence-corrected chi connectivity index (χ0v) is 40.5. The lowest BCUT2D eigenvalue weighted by molar-refractivity contribution is -0.147.